The van der Waals surface area contributed by atoms with E-state index < -0.39 is 0 Å². The second-order valence-electron chi connectivity index (χ2n) is 6.34. The minimum Gasteiger partial charge on any atom is -0.370 e. The quantitative estimate of drug-likeness (QED) is 0.749. The van der Waals surface area contributed by atoms with Crippen LogP contribution in [0.1, 0.15) is 55.1 Å². The Morgan fingerprint density at radius 1 is 1.12 bits per heavy atom. The van der Waals surface area contributed by atoms with Crippen LogP contribution in [0, 0.1) is 6.92 Å². The molecule has 0 aliphatic carbocycles. The normalized spacial score (nSPS) is 10.6. The summed E-state index contributed by atoms with van der Waals surface area (Å²) in [6.07, 6.45) is 6.50. The van der Waals surface area contributed by atoms with Crippen molar-refractivity contribution >= 4 is 17.3 Å². The number of nitrogens with one attached hydrogen (secondary N) is 1. The van der Waals surface area contributed by atoms with Crippen molar-refractivity contribution in [2.45, 2.75) is 47.0 Å². The molecule has 0 saturated carbocycles. The smallest absolute Gasteiger partial charge is 0.257 e. The van der Waals surface area contributed by atoms with Crippen LogP contribution in [-0.4, -0.2) is 24.0 Å². The molecule has 0 atom stereocenters. The third-order valence-electron chi connectivity index (χ3n) is 4.32. The predicted molar refractivity (Wildman–Crippen MR) is 106 cm³/mol. The molecule has 0 radical (unpaired) electrons. The third kappa shape index (κ3) is 4.81. The zero-order chi connectivity index (χ0) is 18.2. The van der Waals surface area contributed by atoms with Crippen LogP contribution in [-0.2, 0) is 6.42 Å². The van der Waals surface area contributed by atoms with Crippen LogP contribution in [0.2, 0.25) is 0 Å². The molecule has 0 fully saturated rings. The lowest BCUT2D eigenvalue weighted by Crippen LogP contribution is -2.25. The summed E-state index contributed by atoms with van der Waals surface area (Å²) in [6.45, 7) is 10.4. The van der Waals surface area contributed by atoms with Crippen LogP contribution in [0.25, 0.3) is 0 Å². The Bertz CT molecular complexity index is 706. The van der Waals surface area contributed by atoms with Gasteiger partial charge in [0.1, 0.15) is 0 Å². The number of amides is 1. The van der Waals surface area contributed by atoms with Gasteiger partial charge in [-0.05, 0) is 43.4 Å². The van der Waals surface area contributed by atoms with Crippen LogP contribution < -0.4 is 10.2 Å². The van der Waals surface area contributed by atoms with Crippen molar-refractivity contribution in [1.82, 2.24) is 4.98 Å². The summed E-state index contributed by atoms with van der Waals surface area (Å²) < 4.78 is 0. The minimum absolute atomic E-state index is 0.105. The van der Waals surface area contributed by atoms with E-state index in [-0.39, 0.29) is 5.91 Å². The highest BCUT2D eigenvalue weighted by molar-refractivity contribution is 6.05. The molecular weight excluding hydrogens is 310 g/mol. The monoisotopic (exact) mass is 339 g/mol. The van der Waals surface area contributed by atoms with Gasteiger partial charge in [-0.3, -0.25) is 9.78 Å². The van der Waals surface area contributed by atoms with E-state index in [1.807, 2.05) is 31.3 Å². The van der Waals surface area contributed by atoms with Crippen LogP contribution in [0.4, 0.5) is 11.4 Å². The largest absolute Gasteiger partial charge is 0.370 e. The highest BCUT2D eigenvalue weighted by Gasteiger charge is 2.13. The lowest BCUT2D eigenvalue weighted by molar-refractivity contribution is 0.102. The molecule has 1 N–H and O–H groups in total. The molecule has 1 heterocycles. The van der Waals surface area contributed by atoms with Crippen molar-refractivity contribution in [2.75, 3.05) is 23.3 Å². The fraction of sp³-hybridized carbons (Fsp3) is 0.429. The van der Waals surface area contributed by atoms with E-state index in [1.54, 1.807) is 6.20 Å². The number of hydrogen-bond donors (Lipinski definition) is 1. The Kier molecular flexibility index (Phi) is 6.99. The number of hydrogen-bond acceptors (Lipinski definition) is 3. The molecule has 0 spiro atoms. The van der Waals surface area contributed by atoms with Gasteiger partial charge in [0, 0.05) is 25.0 Å². The number of benzene rings is 1. The maximum absolute atomic E-state index is 12.8. The molecule has 1 amide bonds. The van der Waals surface area contributed by atoms with E-state index in [0.29, 0.717) is 5.56 Å². The van der Waals surface area contributed by atoms with Gasteiger partial charge in [0.2, 0.25) is 0 Å². The van der Waals surface area contributed by atoms with Crippen LogP contribution in [0.15, 0.2) is 36.7 Å². The lowest BCUT2D eigenvalue weighted by atomic mass is 10.1. The first-order chi connectivity index (χ1) is 12.1. The molecule has 4 nitrogen and oxygen atoms in total. The third-order valence-corrected chi connectivity index (χ3v) is 4.32. The summed E-state index contributed by atoms with van der Waals surface area (Å²) in [5.41, 5.74) is 4.75. The standard InChI is InChI=1S/C21H29N3O/c1-5-11-24(12-6-2)19-13-18(14-22-15-19)21(25)23-20-16(4)9-8-10-17(20)7-3/h8-10,13-15H,5-7,11-12H2,1-4H3,(H,23,25). The molecule has 1 aromatic heterocycles. The average Bonchev–Trinajstić information content (AvgIpc) is 2.63. The van der Waals surface area contributed by atoms with Crippen LogP contribution in [0.5, 0.6) is 0 Å². The molecule has 2 rings (SSSR count). The molecular formula is C21H29N3O. The number of carbonyl (C=O) groups is 1. The summed E-state index contributed by atoms with van der Waals surface area (Å²) in [4.78, 5) is 19.3. The Morgan fingerprint density at radius 2 is 1.84 bits per heavy atom. The van der Waals surface area contributed by atoms with Crippen molar-refractivity contribution in [1.29, 1.82) is 0 Å². The maximum Gasteiger partial charge on any atom is 0.257 e. The second kappa shape index (κ2) is 9.21. The SMILES string of the molecule is CCCN(CCC)c1cncc(C(=O)Nc2c(C)cccc2CC)c1. The van der Waals surface area contributed by atoms with E-state index in [4.69, 9.17) is 0 Å². The summed E-state index contributed by atoms with van der Waals surface area (Å²) in [5, 5.41) is 3.08. The number of aryl methyl sites for hydroxylation is 2. The van der Waals surface area contributed by atoms with Crippen molar-refractivity contribution in [3.8, 4) is 0 Å². The van der Waals surface area contributed by atoms with Gasteiger partial charge in [-0.1, -0.05) is 39.0 Å². The van der Waals surface area contributed by atoms with E-state index in [1.165, 1.54) is 0 Å². The Balaban J connectivity index is 2.24. The molecule has 4 heteroatoms. The summed E-state index contributed by atoms with van der Waals surface area (Å²) in [6, 6.07) is 8.05. The summed E-state index contributed by atoms with van der Waals surface area (Å²) >= 11 is 0. The molecule has 0 saturated heterocycles. The fourth-order valence-electron chi connectivity index (χ4n) is 3.02. The average molecular weight is 339 g/mol. The van der Waals surface area contributed by atoms with Gasteiger partial charge in [-0.15, -0.1) is 0 Å². The van der Waals surface area contributed by atoms with E-state index in [9.17, 15) is 4.79 Å². The Morgan fingerprint density at radius 3 is 2.48 bits per heavy atom. The number of rotatable bonds is 8. The molecule has 1 aromatic carbocycles. The molecule has 0 aliphatic heterocycles. The molecule has 0 unspecified atom stereocenters. The Labute approximate surface area is 151 Å². The first kappa shape index (κ1) is 19.0. The minimum atomic E-state index is -0.105. The van der Waals surface area contributed by atoms with Crippen molar-refractivity contribution in [3.63, 3.8) is 0 Å². The van der Waals surface area contributed by atoms with Gasteiger partial charge in [0.15, 0.2) is 0 Å². The van der Waals surface area contributed by atoms with Crippen LogP contribution in [0.3, 0.4) is 0 Å². The zero-order valence-corrected chi connectivity index (χ0v) is 15.8. The zero-order valence-electron chi connectivity index (χ0n) is 15.8. The number of carbonyl (C=O) groups excluding carboxylic acids is 1. The topological polar surface area (TPSA) is 45.2 Å². The highest BCUT2D eigenvalue weighted by atomic mass is 16.1. The van der Waals surface area contributed by atoms with Gasteiger partial charge >= 0.3 is 0 Å². The number of aromatic nitrogens is 1. The van der Waals surface area contributed by atoms with Gasteiger partial charge in [-0.2, -0.15) is 0 Å². The van der Waals surface area contributed by atoms with Crippen molar-refractivity contribution in [3.05, 3.63) is 53.3 Å². The van der Waals surface area contributed by atoms with Crippen LogP contribution >= 0.6 is 0 Å². The van der Waals surface area contributed by atoms with Gasteiger partial charge in [-0.25, -0.2) is 0 Å². The maximum atomic E-state index is 12.8. The summed E-state index contributed by atoms with van der Waals surface area (Å²) in [7, 11) is 0. The number of para-hydroxylation sites is 1. The van der Waals surface area contributed by atoms with Gasteiger partial charge in [0.05, 0.1) is 17.4 Å². The first-order valence-electron chi connectivity index (χ1n) is 9.20. The fourth-order valence-corrected chi connectivity index (χ4v) is 3.02. The molecule has 0 aliphatic rings. The Hall–Kier alpha value is -2.36. The van der Waals surface area contributed by atoms with Gasteiger partial charge in [0.25, 0.3) is 5.91 Å². The predicted octanol–water partition coefficient (Wildman–Crippen LogP) is 4.83. The highest BCUT2D eigenvalue weighted by Crippen LogP contribution is 2.23. The first-order valence-corrected chi connectivity index (χ1v) is 9.20. The van der Waals surface area contributed by atoms with E-state index in [0.717, 1.165) is 54.9 Å². The lowest BCUT2D eigenvalue weighted by Gasteiger charge is -2.23. The van der Waals surface area contributed by atoms with E-state index in [2.05, 4.69) is 42.0 Å². The molecule has 2 aromatic rings. The molecule has 25 heavy (non-hydrogen) atoms. The number of pyridine rings is 1. The second-order valence-corrected chi connectivity index (χ2v) is 6.34. The number of nitrogens with zero attached hydrogens (tertiary/aromatic N) is 2. The van der Waals surface area contributed by atoms with Crippen molar-refractivity contribution in [2.24, 2.45) is 0 Å². The molecule has 134 valence electrons. The molecule has 0 bridgehead atoms. The van der Waals surface area contributed by atoms with Gasteiger partial charge < -0.3 is 10.2 Å². The van der Waals surface area contributed by atoms with Crippen molar-refractivity contribution < 1.29 is 4.79 Å². The summed E-state index contributed by atoms with van der Waals surface area (Å²) in [5.74, 6) is -0.105. The van der Waals surface area contributed by atoms with E-state index >= 15 is 0 Å². The number of anilines is 2.